The lowest BCUT2D eigenvalue weighted by atomic mass is 10.1. The van der Waals surface area contributed by atoms with Crippen molar-refractivity contribution in [1.29, 1.82) is 0 Å². The second-order valence-corrected chi connectivity index (χ2v) is 2.57. The number of nitrogens with two attached hydrogens (primary N) is 1. The van der Waals surface area contributed by atoms with Crippen molar-refractivity contribution < 1.29 is 18.7 Å². The van der Waals surface area contributed by atoms with Crippen molar-refractivity contribution in [3.8, 4) is 0 Å². The summed E-state index contributed by atoms with van der Waals surface area (Å²) in [6.45, 7) is -0.000378. The molecular formula is C8H8F2N2O2. The summed E-state index contributed by atoms with van der Waals surface area (Å²) >= 11 is 0. The minimum atomic E-state index is -2.84. The number of hydrogen-bond donors (Lipinski definition) is 2. The van der Waals surface area contributed by atoms with E-state index in [0.29, 0.717) is 0 Å². The molecule has 1 aromatic rings. The van der Waals surface area contributed by atoms with E-state index >= 15 is 0 Å². The lowest BCUT2D eigenvalue weighted by Crippen LogP contribution is -2.07. The van der Waals surface area contributed by atoms with E-state index in [-0.39, 0.29) is 12.2 Å². The lowest BCUT2D eigenvalue weighted by molar-refractivity contribution is 0.0684. The number of hydrogen-bond acceptors (Lipinski definition) is 3. The van der Waals surface area contributed by atoms with E-state index in [1.54, 1.807) is 0 Å². The fourth-order valence-corrected chi connectivity index (χ4v) is 0.987. The van der Waals surface area contributed by atoms with E-state index in [0.717, 1.165) is 12.3 Å². The maximum absolute atomic E-state index is 12.4. The Kier molecular flexibility index (Phi) is 3.08. The third-order valence-electron chi connectivity index (χ3n) is 1.67. The summed E-state index contributed by atoms with van der Waals surface area (Å²) in [5.41, 5.74) is 4.39. The molecule has 0 spiro atoms. The Labute approximate surface area is 78.4 Å². The smallest absolute Gasteiger partial charge is 0.337 e. The Bertz CT molecular complexity index is 355. The van der Waals surface area contributed by atoms with E-state index in [1.807, 2.05) is 0 Å². The number of carboxylic acids is 1. The lowest BCUT2D eigenvalue weighted by Gasteiger charge is -2.05. The minimum absolute atomic E-state index is 0.000378. The predicted molar refractivity (Wildman–Crippen MR) is 44.0 cm³/mol. The molecule has 0 aliphatic carbocycles. The average Bonchev–Trinajstić information content (AvgIpc) is 2.16. The zero-order valence-electron chi connectivity index (χ0n) is 7.08. The summed E-state index contributed by atoms with van der Waals surface area (Å²) in [4.78, 5) is 14.1. The fourth-order valence-electron chi connectivity index (χ4n) is 0.987. The van der Waals surface area contributed by atoms with Crippen LogP contribution in [0.4, 0.5) is 8.78 Å². The normalized spacial score (nSPS) is 10.6. The van der Waals surface area contributed by atoms with Crippen LogP contribution in [0.25, 0.3) is 0 Å². The van der Waals surface area contributed by atoms with Gasteiger partial charge in [0.25, 0.3) is 6.43 Å². The molecule has 76 valence electrons. The van der Waals surface area contributed by atoms with E-state index in [4.69, 9.17) is 10.8 Å². The molecule has 1 rings (SSSR count). The van der Waals surface area contributed by atoms with Crippen LogP contribution in [0.2, 0.25) is 0 Å². The number of carboxylic acid groups (broad SMARTS) is 1. The van der Waals surface area contributed by atoms with E-state index in [2.05, 4.69) is 4.98 Å². The monoisotopic (exact) mass is 202 g/mol. The van der Waals surface area contributed by atoms with Gasteiger partial charge in [-0.05, 0) is 6.07 Å². The molecule has 0 aliphatic rings. The van der Waals surface area contributed by atoms with E-state index in [1.165, 1.54) is 0 Å². The third kappa shape index (κ3) is 2.02. The Balaban J connectivity index is 3.24. The number of alkyl halides is 2. The first kappa shape index (κ1) is 10.5. The van der Waals surface area contributed by atoms with Gasteiger partial charge in [-0.15, -0.1) is 0 Å². The number of aromatic carboxylic acids is 1. The van der Waals surface area contributed by atoms with E-state index < -0.39 is 23.5 Å². The van der Waals surface area contributed by atoms with Crippen LogP contribution in [-0.4, -0.2) is 16.1 Å². The SMILES string of the molecule is NCc1cc(C(F)F)c(C(=O)O)cn1. The second-order valence-electron chi connectivity index (χ2n) is 2.57. The zero-order chi connectivity index (χ0) is 10.7. The molecule has 14 heavy (non-hydrogen) atoms. The van der Waals surface area contributed by atoms with Gasteiger partial charge in [0, 0.05) is 18.3 Å². The van der Waals surface area contributed by atoms with Crippen molar-refractivity contribution in [2.45, 2.75) is 13.0 Å². The Morgan fingerprint density at radius 2 is 2.29 bits per heavy atom. The van der Waals surface area contributed by atoms with Crippen LogP contribution in [-0.2, 0) is 6.54 Å². The highest BCUT2D eigenvalue weighted by molar-refractivity contribution is 5.89. The summed E-state index contributed by atoms with van der Waals surface area (Å²) < 4.78 is 24.7. The highest BCUT2D eigenvalue weighted by Crippen LogP contribution is 2.22. The molecule has 0 fully saturated rings. The van der Waals surface area contributed by atoms with Gasteiger partial charge in [0.1, 0.15) is 0 Å². The van der Waals surface area contributed by atoms with Crippen LogP contribution < -0.4 is 5.73 Å². The fraction of sp³-hybridized carbons (Fsp3) is 0.250. The molecule has 4 nitrogen and oxygen atoms in total. The molecular weight excluding hydrogens is 194 g/mol. The largest absolute Gasteiger partial charge is 0.478 e. The van der Waals surface area contributed by atoms with Gasteiger partial charge in [-0.2, -0.15) is 0 Å². The summed E-state index contributed by atoms with van der Waals surface area (Å²) in [5.74, 6) is -1.42. The Morgan fingerprint density at radius 3 is 2.71 bits per heavy atom. The summed E-state index contributed by atoms with van der Waals surface area (Å²) in [7, 11) is 0. The average molecular weight is 202 g/mol. The van der Waals surface area contributed by atoms with Gasteiger partial charge in [0.2, 0.25) is 0 Å². The predicted octanol–water partition coefficient (Wildman–Crippen LogP) is 1.18. The van der Waals surface area contributed by atoms with Crippen molar-refractivity contribution >= 4 is 5.97 Å². The molecule has 0 aliphatic heterocycles. The van der Waals surface area contributed by atoms with Crippen LogP contribution in [0.5, 0.6) is 0 Å². The van der Waals surface area contributed by atoms with Gasteiger partial charge in [0.15, 0.2) is 0 Å². The minimum Gasteiger partial charge on any atom is -0.478 e. The number of rotatable bonds is 3. The molecule has 0 aromatic carbocycles. The van der Waals surface area contributed by atoms with Crippen LogP contribution in [0.1, 0.15) is 28.0 Å². The van der Waals surface area contributed by atoms with Gasteiger partial charge in [0.05, 0.1) is 11.3 Å². The molecule has 0 saturated heterocycles. The molecule has 3 N–H and O–H groups in total. The zero-order valence-corrected chi connectivity index (χ0v) is 7.08. The molecule has 0 atom stereocenters. The van der Waals surface area contributed by atoms with Gasteiger partial charge < -0.3 is 10.8 Å². The number of carbonyl (C=O) groups is 1. The second kappa shape index (κ2) is 4.10. The molecule has 0 unspecified atom stereocenters. The first-order valence-corrected chi connectivity index (χ1v) is 3.76. The molecule has 0 amide bonds. The van der Waals surface area contributed by atoms with Gasteiger partial charge in [-0.25, -0.2) is 13.6 Å². The van der Waals surface area contributed by atoms with Crippen molar-refractivity contribution in [2.75, 3.05) is 0 Å². The van der Waals surface area contributed by atoms with Crippen molar-refractivity contribution in [2.24, 2.45) is 5.73 Å². The first-order valence-electron chi connectivity index (χ1n) is 3.76. The van der Waals surface area contributed by atoms with Crippen molar-refractivity contribution in [3.05, 3.63) is 29.1 Å². The maximum Gasteiger partial charge on any atom is 0.337 e. The van der Waals surface area contributed by atoms with Crippen molar-refractivity contribution in [1.82, 2.24) is 4.98 Å². The van der Waals surface area contributed by atoms with Crippen LogP contribution in [0, 0.1) is 0 Å². The van der Waals surface area contributed by atoms with Crippen LogP contribution >= 0.6 is 0 Å². The molecule has 6 heteroatoms. The van der Waals surface area contributed by atoms with E-state index in [9.17, 15) is 13.6 Å². The van der Waals surface area contributed by atoms with Crippen LogP contribution in [0.15, 0.2) is 12.3 Å². The van der Waals surface area contributed by atoms with Gasteiger partial charge >= 0.3 is 5.97 Å². The number of nitrogens with zero attached hydrogens (tertiary/aromatic N) is 1. The Morgan fingerprint density at radius 1 is 1.64 bits per heavy atom. The highest BCUT2D eigenvalue weighted by Gasteiger charge is 2.18. The first-order chi connectivity index (χ1) is 6.56. The molecule has 1 aromatic heterocycles. The van der Waals surface area contributed by atoms with Crippen molar-refractivity contribution in [3.63, 3.8) is 0 Å². The van der Waals surface area contributed by atoms with Gasteiger partial charge in [-0.1, -0.05) is 0 Å². The summed E-state index contributed by atoms with van der Waals surface area (Å²) in [6, 6.07) is 1.01. The molecule has 1 heterocycles. The summed E-state index contributed by atoms with van der Waals surface area (Å²) in [5, 5.41) is 8.57. The van der Waals surface area contributed by atoms with Crippen LogP contribution in [0.3, 0.4) is 0 Å². The Hall–Kier alpha value is -1.56. The molecule has 0 saturated carbocycles. The summed E-state index contributed by atoms with van der Waals surface area (Å²) in [6.07, 6.45) is -1.94. The number of pyridine rings is 1. The quantitative estimate of drug-likeness (QED) is 0.771. The third-order valence-corrected chi connectivity index (χ3v) is 1.67. The number of aromatic nitrogens is 1. The standard InChI is InChI=1S/C8H8F2N2O2/c9-7(10)5-1-4(2-11)12-3-6(5)8(13)14/h1,3,7H,2,11H2,(H,13,14). The molecule has 0 radical (unpaired) electrons. The van der Waals surface area contributed by atoms with Gasteiger partial charge in [-0.3, -0.25) is 4.98 Å². The topological polar surface area (TPSA) is 76.2 Å². The maximum atomic E-state index is 12.4. The molecule has 0 bridgehead atoms. The number of halogens is 2. The highest BCUT2D eigenvalue weighted by atomic mass is 19.3.